The number of morpholine rings is 1. The lowest BCUT2D eigenvalue weighted by atomic mass is 10.00. The Kier molecular flexibility index (Phi) is 9.06. The van der Waals surface area contributed by atoms with E-state index < -0.39 is 11.9 Å². The predicted molar refractivity (Wildman–Crippen MR) is 159 cm³/mol. The lowest BCUT2D eigenvalue weighted by Crippen LogP contribution is -2.42. The molecule has 210 valence electrons. The Morgan fingerprint density at radius 2 is 1.54 bits per heavy atom. The van der Waals surface area contributed by atoms with Gasteiger partial charge in [0, 0.05) is 36.6 Å². The van der Waals surface area contributed by atoms with E-state index in [0.29, 0.717) is 30.0 Å². The molecule has 4 aromatic rings. The summed E-state index contributed by atoms with van der Waals surface area (Å²) in [6.07, 6.45) is 0.0825. The van der Waals surface area contributed by atoms with Crippen LogP contribution in [-0.2, 0) is 27.3 Å². The molecule has 1 N–H and O–H groups in total. The minimum atomic E-state index is -0.981. The predicted octanol–water partition coefficient (Wildman–Crippen LogP) is 5.92. The van der Waals surface area contributed by atoms with Crippen molar-refractivity contribution >= 4 is 23.2 Å². The van der Waals surface area contributed by atoms with Gasteiger partial charge in [0.1, 0.15) is 11.9 Å². The quantitative estimate of drug-likeness (QED) is 0.281. The van der Waals surface area contributed by atoms with Crippen molar-refractivity contribution in [1.29, 1.82) is 0 Å². The van der Waals surface area contributed by atoms with Crippen LogP contribution < -0.4 is 10.2 Å². The number of aryl methyl sites for hydroxylation is 1. The molecule has 4 aromatic carbocycles. The molecule has 1 aliphatic heterocycles. The highest BCUT2D eigenvalue weighted by Crippen LogP contribution is 2.28. The van der Waals surface area contributed by atoms with Crippen LogP contribution in [0.4, 0.5) is 15.8 Å². The lowest BCUT2D eigenvalue weighted by molar-refractivity contribution is -0.139. The summed E-state index contributed by atoms with van der Waals surface area (Å²) >= 11 is 0. The molecule has 1 fully saturated rings. The van der Waals surface area contributed by atoms with Crippen LogP contribution in [0.2, 0.25) is 0 Å². The minimum Gasteiger partial charge on any atom is -0.378 e. The van der Waals surface area contributed by atoms with Gasteiger partial charge < -0.3 is 19.9 Å². The van der Waals surface area contributed by atoms with Crippen molar-refractivity contribution in [3.05, 3.63) is 131 Å². The van der Waals surface area contributed by atoms with Gasteiger partial charge >= 0.3 is 0 Å². The average Bonchev–Trinajstić information content (AvgIpc) is 3.00. The number of rotatable bonds is 9. The molecule has 6 nitrogen and oxygen atoms in total. The first-order valence-electron chi connectivity index (χ1n) is 13.8. The number of benzene rings is 4. The smallest absolute Gasteiger partial charge is 0.251 e. The summed E-state index contributed by atoms with van der Waals surface area (Å²) in [5, 5.41) is 3.02. The Hall–Kier alpha value is -4.49. The fourth-order valence-corrected chi connectivity index (χ4v) is 5.01. The molecule has 1 aliphatic rings. The second-order valence-corrected chi connectivity index (χ2v) is 10.2. The van der Waals surface area contributed by atoms with Crippen molar-refractivity contribution < 1.29 is 18.7 Å². The van der Waals surface area contributed by atoms with E-state index in [-0.39, 0.29) is 24.8 Å². The third kappa shape index (κ3) is 7.18. The first-order chi connectivity index (χ1) is 20.0. The van der Waals surface area contributed by atoms with Crippen molar-refractivity contribution in [1.82, 2.24) is 4.90 Å². The number of hydrogen-bond donors (Lipinski definition) is 1. The van der Waals surface area contributed by atoms with Crippen LogP contribution >= 0.6 is 0 Å². The highest BCUT2D eigenvalue weighted by atomic mass is 19.1. The second kappa shape index (κ2) is 13.2. The van der Waals surface area contributed by atoms with Gasteiger partial charge in [-0.2, -0.15) is 0 Å². The molecule has 0 spiro atoms. The Labute approximate surface area is 240 Å². The molecular weight excluding hydrogens is 517 g/mol. The number of carbonyl (C=O) groups excluding carboxylic acids is 2. The maximum Gasteiger partial charge on any atom is 0.251 e. The standard InChI is InChI=1S/C34H34FN3O3/c1-25-11-13-27(14-12-25)33(34(40)36-29-15-17-30(18-16-29)37-19-21-41-22-20-37)38(24-28-9-5-6-10-31(28)35)32(39)23-26-7-3-2-4-8-26/h2-18,33H,19-24H2,1H3,(H,36,40)/t33-/m1/s1. The molecule has 0 aliphatic carbocycles. The van der Waals surface area contributed by atoms with E-state index >= 15 is 0 Å². The van der Waals surface area contributed by atoms with Crippen molar-refractivity contribution in [3.8, 4) is 0 Å². The highest BCUT2D eigenvalue weighted by Gasteiger charge is 2.32. The average molecular weight is 552 g/mol. The molecule has 7 heteroatoms. The summed E-state index contributed by atoms with van der Waals surface area (Å²) in [5.74, 6) is -1.07. The number of ether oxygens (including phenoxy) is 1. The van der Waals surface area contributed by atoms with E-state index in [1.54, 1.807) is 18.2 Å². The number of anilines is 2. The molecule has 2 amide bonds. The van der Waals surface area contributed by atoms with Gasteiger partial charge in [0.05, 0.1) is 19.6 Å². The molecule has 0 radical (unpaired) electrons. The summed E-state index contributed by atoms with van der Waals surface area (Å²) in [5.41, 5.74) is 4.51. The van der Waals surface area contributed by atoms with E-state index in [4.69, 9.17) is 4.74 Å². The van der Waals surface area contributed by atoms with Crippen LogP contribution in [0.3, 0.4) is 0 Å². The van der Waals surface area contributed by atoms with Gasteiger partial charge in [0.25, 0.3) is 5.91 Å². The van der Waals surface area contributed by atoms with E-state index in [1.807, 2.05) is 85.8 Å². The molecular formula is C34H34FN3O3. The SMILES string of the molecule is Cc1ccc([C@H](C(=O)Nc2ccc(N3CCOCC3)cc2)N(Cc2ccccc2F)C(=O)Cc2ccccc2)cc1. The van der Waals surface area contributed by atoms with Crippen LogP contribution in [0.25, 0.3) is 0 Å². The maximum absolute atomic E-state index is 14.8. The topological polar surface area (TPSA) is 61.9 Å². The normalized spacial score (nSPS) is 13.9. The largest absolute Gasteiger partial charge is 0.378 e. The van der Waals surface area contributed by atoms with Gasteiger partial charge in [-0.3, -0.25) is 9.59 Å². The van der Waals surface area contributed by atoms with Gasteiger partial charge in [0.15, 0.2) is 0 Å². The van der Waals surface area contributed by atoms with Crippen LogP contribution in [0, 0.1) is 12.7 Å². The van der Waals surface area contributed by atoms with E-state index in [1.165, 1.54) is 11.0 Å². The number of halogens is 1. The van der Waals surface area contributed by atoms with Gasteiger partial charge in [-0.15, -0.1) is 0 Å². The number of nitrogens with one attached hydrogen (secondary N) is 1. The van der Waals surface area contributed by atoms with Crippen molar-refractivity contribution in [2.45, 2.75) is 25.9 Å². The van der Waals surface area contributed by atoms with E-state index in [0.717, 1.165) is 29.9 Å². The van der Waals surface area contributed by atoms with Gasteiger partial charge in [-0.1, -0.05) is 78.4 Å². The van der Waals surface area contributed by atoms with Crippen molar-refractivity contribution in [3.63, 3.8) is 0 Å². The molecule has 1 saturated heterocycles. The van der Waals surface area contributed by atoms with Gasteiger partial charge in [-0.05, 0) is 48.4 Å². The second-order valence-electron chi connectivity index (χ2n) is 10.2. The zero-order valence-corrected chi connectivity index (χ0v) is 23.1. The Morgan fingerprint density at radius 1 is 0.878 bits per heavy atom. The fraction of sp³-hybridized carbons (Fsp3) is 0.235. The summed E-state index contributed by atoms with van der Waals surface area (Å²) < 4.78 is 20.3. The lowest BCUT2D eigenvalue weighted by Gasteiger charge is -2.32. The third-order valence-corrected chi connectivity index (χ3v) is 7.28. The molecule has 41 heavy (non-hydrogen) atoms. The number of amides is 2. The minimum absolute atomic E-state index is 0.0553. The molecule has 0 aromatic heterocycles. The van der Waals surface area contributed by atoms with Crippen LogP contribution in [0.1, 0.15) is 28.3 Å². The van der Waals surface area contributed by atoms with Crippen LogP contribution in [-0.4, -0.2) is 43.0 Å². The molecule has 1 heterocycles. The number of hydrogen-bond acceptors (Lipinski definition) is 4. The maximum atomic E-state index is 14.8. The molecule has 0 bridgehead atoms. The fourth-order valence-electron chi connectivity index (χ4n) is 5.01. The number of carbonyl (C=O) groups is 2. The molecule has 0 unspecified atom stereocenters. The van der Waals surface area contributed by atoms with E-state index in [2.05, 4.69) is 10.2 Å². The van der Waals surface area contributed by atoms with Gasteiger partial charge in [0.2, 0.25) is 5.91 Å². The molecule has 1 atom stereocenters. The number of nitrogens with zero attached hydrogens (tertiary/aromatic N) is 2. The zero-order valence-electron chi connectivity index (χ0n) is 23.1. The van der Waals surface area contributed by atoms with Crippen molar-refractivity contribution in [2.75, 3.05) is 36.5 Å². The van der Waals surface area contributed by atoms with Gasteiger partial charge in [-0.25, -0.2) is 4.39 Å². The first kappa shape index (κ1) is 28.1. The van der Waals surface area contributed by atoms with Crippen molar-refractivity contribution in [2.24, 2.45) is 0 Å². The Bertz CT molecular complexity index is 1450. The Morgan fingerprint density at radius 3 is 2.22 bits per heavy atom. The summed E-state index contributed by atoms with van der Waals surface area (Å²) in [7, 11) is 0. The van der Waals surface area contributed by atoms with E-state index in [9.17, 15) is 14.0 Å². The third-order valence-electron chi connectivity index (χ3n) is 7.28. The Balaban J connectivity index is 1.47. The molecule has 5 rings (SSSR count). The monoisotopic (exact) mass is 551 g/mol. The summed E-state index contributed by atoms with van der Waals surface area (Å²) in [4.78, 5) is 31.6. The van der Waals surface area contributed by atoms with Crippen LogP contribution in [0.5, 0.6) is 0 Å². The van der Waals surface area contributed by atoms with Crippen LogP contribution in [0.15, 0.2) is 103 Å². The zero-order chi connectivity index (χ0) is 28.6. The first-order valence-corrected chi connectivity index (χ1v) is 13.8. The summed E-state index contributed by atoms with van der Waals surface area (Å²) in [6.45, 7) is 4.91. The summed E-state index contributed by atoms with van der Waals surface area (Å²) in [6, 6.07) is 29.9. The molecule has 0 saturated carbocycles. The highest BCUT2D eigenvalue weighted by molar-refractivity contribution is 5.98.